The average molecular weight is 246 g/mol. The van der Waals surface area contributed by atoms with Crippen LogP contribution in [0.4, 0.5) is 4.39 Å². The highest BCUT2D eigenvalue weighted by atomic mass is 79.9. The van der Waals surface area contributed by atoms with Gasteiger partial charge in [0.25, 0.3) is 0 Å². The van der Waals surface area contributed by atoms with E-state index < -0.39 is 5.82 Å². The summed E-state index contributed by atoms with van der Waals surface area (Å²) in [4.78, 5) is 13.0. The summed E-state index contributed by atoms with van der Waals surface area (Å²) >= 11 is 2.95. The van der Waals surface area contributed by atoms with Crippen LogP contribution in [-0.4, -0.2) is 11.2 Å². The Morgan fingerprint density at radius 1 is 1.62 bits per heavy atom. The van der Waals surface area contributed by atoms with Crippen LogP contribution in [0.1, 0.15) is 5.56 Å². The SMILES string of the molecule is O=C=NCc1c(O)ccc(Br)c1F. The maximum atomic E-state index is 13.2. The van der Waals surface area contributed by atoms with Crippen LogP contribution in [0.15, 0.2) is 21.6 Å². The molecule has 0 aliphatic rings. The van der Waals surface area contributed by atoms with Crippen LogP contribution >= 0.6 is 15.9 Å². The number of nitrogens with zero attached hydrogens (tertiary/aromatic N) is 1. The molecule has 0 aliphatic heterocycles. The number of carbonyl (C=O) groups excluding carboxylic acids is 1. The molecule has 0 radical (unpaired) electrons. The maximum absolute atomic E-state index is 13.2. The van der Waals surface area contributed by atoms with Crippen LogP contribution in [0, 0.1) is 5.82 Å². The predicted octanol–water partition coefficient (Wildman–Crippen LogP) is 2.13. The Labute approximate surface area is 82.0 Å². The van der Waals surface area contributed by atoms with Crippen molar-refractivity contribution in [3.63, 3.8) is 0 Å². The second-order valence-electron chi connectivity index (χ2n) is 2.27. The van der Waals surface area contributed by atoms with E-state index in [0.29, 0.717) is 0 Å². The molecule has 0 aliphatic carbocycles. The Balaban J connectivity index is 3.16. The van der Waals surface area contributed by atoms with Crippen molar-refractivity contribution in [1.82, 2.24) is 0 Å². The molecule has 0 unspecified atom stereocenters. The highest BCUT2D eigenvalue weighted by molar-refractivity contribution is 9.10. The molecule has 5 heteroatoms. The van der Waals surface area contributed by atoms with E-state index in [1.165, 1.54) is 18.2 Å². The van der Waals surface area contributed by atoms with E-state index >= 15 is 0 Å². The van der Waals surface area contributed by atoms with Gasteiger partial charge in [0.05, 0.1) is 16.6 Å². The first kappa shape index (κ1) is 9.89. The zero-order chi connectivity index (χ0) is 9.84. The summed E-state index contributed by atoms with van der Waals surface area (Å²) in [6.45, 7) is -0.208. The molecule has 3 nitrogen and oxygen atoms in total. The number of aliphatic imine (C=N–C) groups is 1. The molecule has 68 valence electrons. The molecule has 1 aromatic carbocycles. The fourth-order valence-electron chi connectivity index (χ4n) is 0.844. The summed E-state index contributed by atoms with van der Waals surface area (Å²) < 4.78 is 13.4. The largest absolute Gasteiger partial charge is 0.507 e. The van der Waals surface area contributed by atoms with Crippen molar-refractivity contribution in [3.8, 4) is 5.75 Å². The van der Waals surface area contributed by atoms with Gasteiger partial charge in [-0.3, -0.25) is 0 Å². The van der Waals surface area contributed by atoms with Crippen molar-refractivity contribution < 1.29 is 14.3 Å². The number of phenolic OH excluding ortho intramolecular Hbond substituents is 1. The van der Waals surface area contributed by atoms with Crippen LogP contribution in [0.3, 0.4) is 0 Å². The summed E-state index contributed by atoms with van der Waals surface area (Å²) in [5, 5.41) is 9.19. The monoisotopic (exact) mass is 245 g/mol. The van der Waals surface area contributed by atoms with Crippen molar-refractivity contribution in [2.24, 2.45) is 4.99 Å². The number of phenols is 1. The standard InChI is InChI=1S/C8H5BrFNO2/c9-6-1-2-7(13)5(8(6)10)3-11-4-12/h1-2,13H,3H2. The molecule has 0 fully saturated rings. The van der Waals surface area contributed by atoms with Gasteiger partial charge in [0.15, 0.2) is 0 Å². The Morgan fingerprint density at radius 3 is 2.92 bits per heavy atom. The summed E-state index contributed by atoms with van der Waals surface area (Å²) in [5.41, 5.74) is -0.0160. The summed E-state index contributed by atoms with van der Waals surface area (Å²) in [7, 11) is 0. The summed E-state index contributed by atoms with van der Waals surface area (Å²) in [6, 6.07) is 2.70. The van der Waals surface area contributed by atoms with Gasteiger partial charge >= 0.3 is 0 Å². The highest BCUT2D eigenvalue weighted by Gasteiger charge is 2.10. The number of isocyanates is 1. The van der Waals surface area contributed by atoms with Crippen LogP contribution < -0.4 is 0 Å². The lowest BCUT2D eigenvalue weighted by molar-refractivity contribution is 0.458. The normalized spacial score (nSPS) is 9.38. The molecule has 1 aromatic rings. The van der Waals surface area contributed by atoms with Crippen molar-refractivity contribution in [2.45, 2.75) is 6.54 Å². The van der Waals surface area contributed by atoms with Crippen LogP contribution in [-0.2, 0) is 11.3 Å². The average Bonchev–Trinajstić information content (AvgIpc) is 2.12. The first-order valence-electron chi connectivity index (χ1n) is 3.36. The van der Waals surface area contributed by atoms with Crippen LogP contribution in [0.25, 0.3) is 0 Å². The van der Waals surface area contributed by atoms with Crippen LogP contribution in [0.5, 0.6) is 5.75 Å². The molecule has 13 heavy (non-hydrogen) atoms. The van der Waals surface area contributed by atoms with Gasteiger partial charge in [-0.1, -0.05) is 0 Å². The van der Waals surface area contributed by atoms with E-state index in [9.17, 15) is 14.3 Å². The third-order valence-corrected chi connectivity index (χ3v) is 2.09. The van der Waals surface area contributed by atoms with Crippen molar-refractivity contribution in [1.29, 1.82) is 0 Å². The van der Waals surface area contributed by atoms with Crippen molar-refractivity contribution in [3.05, 3.63) is 28.0 Å². The topological polar surface area (TPSA) is 49.7 Å². The fraction of sp³-hybridized carbons (Fsp3) is 0.125. The van der Waals surface area contributed by atoms with Gasteiger partial charge in [0, 0.05) is 0 Å². The molecule has 0 bridgehead atoms. The van der Waals surface area contributed by atoms with E-state index in [-0.39, 0.29) is 22.3 Å². The number of rotatable bonds is 2. The second-order valence-corrected chi connectivity index (χ2v) is 3.12. The third kappa shape index (κ3) is 2.14. The Morgan fingerprint density at radius 2 is 2.31 bits per heavy atom. The van der Waals surface area contributed by atoms with E-state index in [0.717, 1.165) is 0 Å². The number of halogens is 2. The van der Waals surface area contributed by atoms with Gasteiger partial charge in [-0.2, -0.15) is 0 Å². The highest BCUT2D eigenvalue weighted by Crippen LogP contribution is 2.27. The molecule has 0 atom stereocenters. The third-order valence-electron chi connectivity index (χ3n) is 1.47. The zero-order valence-electron chi connectivity index (χ0n) is 6.42. The van der Waals surface area contributed by atoms with Gasteiger partial charge in [-0.15, -0.1) is 0 Å². The van der Waals surface area contributed by atoms with Gasteiger partial charge in [0.2, 0.25) is 6.08 Å². The first-order valence-corrected chi connectivity index (χ1v) is 4.15. The van der Waals surface area contributed by atoms with Crippen molar-refractivity contribution >= 4 is 22.0 Å². The second kappa shape index (κ2) is 4.16. The smallest absolute Gasteiger partial charge is 0.235 e. The quantitative estimate of drug-likeness (QED) is 0.641. The maximum Gasteiger partial charge on any atom is 0.235 e. The first-order chi connectivity index (χ1) is 6.16. The molecule has 0 saturated heterocycles. The van der Waals surface area contributed by atoms with Crippen LogP contribution in [0.2, 0.25) is 0 Å². The minimum atomic E-state index is -0.612. The lowest BCUT2D eigenvalue weighted by Gasteiger charge is -2.03. The van der Waals surface area contributed by atoms with Gasteiger partial charge in [0.1, 0.15) is 11.6 Å². The fourth-order valence-corrected chi connectivity index (χ4v) is 1.22. The summed E-state index contributed by atoms with van der Waals surface area (Å²) in [5.74, 6) is -0.835. The van der Waals surface area contributed by atoms with Gasteiger partial charge < -0.3 is 5.11 Å². The van der Waals surface area contributed by atoms with E-state index in [2.05, 4.69) is 20.9 Å². The van der Waals surface area contributed by atoms with E-state index in [4.69, 9.17) is 0 Å². The summed E-state index contributed by atoms with van der Waals surface area (Å²) in [6.07, 6.45) is 1.27. The van der Waals surface area contributed by atoms with Gasteiger partial charge in [-0.05, 0) is 28.1 Å². The van der Waals surface area contributed by atoms with Gasteiger partial charge in [-0.25, -0.2) is 14.2 Å². The molecule has 0 saturated carbocycles. The predicted molar refractivity (Wildman–Crippen MR) is 47.6 cm³/mol. The Kier molecular flexibility index (Phi) is 3.17. The molecule has 0 spiro atoms. The molecule has 1 rings (SSSR count). The number of hydrogen-bond acceptors (Lipinski definition) is 3. The zero-order valence-corrected chi connectivity index (χ0v) is 8.01. The lowest BCUT2D eigenvalue weighted by atomic mass is 10.2. The Hall–Kier alpha value is -1.19. The van der Waals surface area contributed by atoms with Crippen molar-refractivity contribution in [2.75, 3.05) is 0 Å². The number of hydrogen-bond donors (Lipinski definition) is 1. The Bertz CT molecular complexity index is 375. The minimum Gasteiger partial charge on any atom is -0.507 e. The van der Waals surface area contributed by atoms with E-state index in [1.54, 1.807) is 0 Å². The molecule has 0 amide bonds. The van der Waals surface area contributed by atoms with E-state index in [1.807, 2.05) is 0 Å². The number of aromatic hydroxyl groups is 1. The number of benzene rings is 1. The molecule has 0 aromatic heterocycles. The lowest BCUT2D eigenvalue weighted by Crippen LogP contribution is -1.90. The molecule has 1 N–H and O–H groups in total. The molecular weight excluding hydrogens is 241 g/mol. The minimum absolute atomic E-state index is 0.0160. The molecular formula is C8H5BrFNO2. The molecule has 0 heterocycles.